The van der Waals surface area contributed by atoms with Crippen molar-refractivity contribution in [1.82, 2.24) is 20.5 Å². The van der Waals surface area contributed by atoms with Crippen LogP contribution in [0.3, 0.4) is 0 Å². The molecule has 3 amide bonds. The molecule has 1 aliphatic heterocycles. The molecule has 11 heteroatoms. The monoisotopic (exact) mass is 506 g/mol. The van der Waals surface area contributed by atoms with Gasteiger partial charge in [0.05, 0.1) is 4.90 Å². The first kappa shape index (κ1) is 25.5. The molecule has 9 nitrogen and oxygen atoms in total. The van der Waals surface area contributed by atoms with Crippen molar-refractivity contribution in [3.63, 3.8) is 0 Å². The zero-order valence-corrected chi connectivity index (χ0v) is 20.7. The van der Waals surface area contributed by atoms with E-state index in [9.17, 15) is 22.8 Å². The molecular weight excluding hydrogens is 480 g/mol. The van der Waals surface area contributed by atoms with Crippen molar-refractivity contribution in [3.8, 4) is 0 Å². The summed E-state index contributed by atoms with van der Waals surface area (Å²) in [6, 6.07) is 6.98. The second-order valence-corrected chi connectivity index (χ2v) is 11.2. The molecule has 0 saturated carbocycles. The summed E-state index contributed by atoms with van der Waals surface area (Å²) in [5.41, 5.74) is 0.339. The van der Waals surface area contributed by atoms with Crippen molar-refractivity contribution >= 4 is 33.4 Å². The minimum atomic E-state index is -3.69. The molecule has 3 N–H and O–H groups in total. The normalized spacial score (nSPS) is 14.1. The molecule has 0 atom stereocenters. The Morgan fingerprint density at radius 2 is 1.88 bits per heavy atom. The van der Waals surface area contributed by atoms with Crippen LogP contribution >= 0.6 is 11.6 Å². The lowest BCUT2D eigenvalue weighted by Crippen LogP contribution is -2.50. The molecule has 0 saturated heterocycles. The fourth-order valence-electron chi connectivity index (χ4n) is 3.37. The van der Waals surface area contributed by atoms with Crippen LogP contribution in [-0.4, -0.2) is 48.9 Å². The van der Waals surface area contributed by atoms with Gasteiger partial charge in [-0.15, -0.1) is 0 Å². The number of fused-ring (bicyclic) bond motifs is 1. The van der Waals surface area contributed by atoms with Crippen LogP contribution in [0.4, 0.5) is 4.79 Å². The molecule has 1 aliphatic rings. The van der Waals surface area contributed by atoms with Crippen LogP contribution in [0.15, 0.2) is 51.5 Å². The van der Waals surface area contributed by atoms with Gasteiger partial charge in [-0.25, -0.2) is 13.2 Å². The lowest BCUT2D eigenvalue weighted by atomic mass is 10.0. The first-order valence-corrected chi connectivity index (χ1v) is 12.6. The van der Waals surface area contributed by atoms with Gasteiger partial charge >= 0.3 is 6.03 Å². The number of amides is 3. The Bertz CT molecular complexity index is 1280. The number of aromatic amines is 1. The Labute approximate surface area is 203 Å². The van der Waals surface area contributed by atoms with Crippen molar-refractivity contribution in [2.45, 2.75) is 44.2 Å². The summed E-state index contributed by atoms with van der Waals surface area (Å²) >= 11 is 5.78. The molecule has 0 unspecified atom stereocenters. The van der Waals surface area contributed by atoms with Crippen molar-refractivity contribution in [1.29, 1.82) is 0 Å². The van der Waals surface area contributed by atoms with E-state index in [0.29, 0.717) is 29.2 Å². The number of hydrogen-bond acceptors (Lipinski definition) is 5. The average molecular weight is 507 g/mol. The van der Waals surface area contributed by atoms with E-state index in [1.165, 1.54) is 36.4 Å². The number of benzene rings is 1. The molecule has 0 fully saturated rings. The molecule has 0 spiro atoms. The number of pyridine rings is 1. The first-order valence-electron chi connectivity index (χ1n) is 10.6. The minimum absolute atomic E-state index is 0.0747. The lowest BCUT2D eigenvalue weighted by molar-refractivity contribution is 0.0956. The topological polar surface area (TPSA) is 128 Å². The van der Waals surface area contributed by atoms with E-state index >= 15 is 0 Å². The summed E-state index contributed by atoms with van der Waals surface area (Å²) in [6.45, 7) is 6.27. The number of carbonyl (C=O) groups excluding carboxylic acids is 2. The third-order valence-electron chi connectivity index (χ3n) is 5.02. The molecule has 34 heavy (non-hydrogen) atoms. The predicted molar refractivity (Wildman–Crippen MR) is 130 cm³/mol. The van der Waals surface area contributed by atoms with Gasteiger partial charge in [-0.1, -0.05) is 17.7 Å². The zero-order valence-electron chi connectivity index (χ0n) is 19.1. The van der Waals surface area contributed by atoms with Gasteiger partial charge in [-0.3, -0.25) is 9.59 Å². The Morgan fingerprint density at radius 1 is 1.21 bits per heavy atom. The fraction of sp³-hybridized carbons (Fsp3) is 0.348. The summed E-state index contributed by atoms with van der Waals surface area (Å²) in [6.07, 6.45) is 1.75. The minimum Gasteiger partial charge on any atom is -0.348 e. The van der Waals surface area contributed by atoms with E-state index in [4.69, 9.17) is 11.6 Å². The van der Waals surface area contributed by atoms with E-state index in [1.807, 2.05) is 20.8 Å². The maximum atomic E-state index is 12.6. The second-order valence-electron chi connectivity index (χ2n) is 8.95. The largest absolute Gasteiger partial charge is 0.348 e. The van der Waals surface area contributed by atoms with Crippen molar-refractivity contribution < 1.29 is 18.0 Å². The molecular formula is C23H27ClN4O5S. The molecule has 1 aromatic heterocycles. The zero-order chi connectivity index (χ0) is 25.1. The molecule has 0 bridgehead atoms. The molecule has 0 radical (unpaired) electrons. The van der Waals surface area contributed by atoms with Gasteiger partial charge in [-0.05, 0) is 56.7 Å². The van der Waals surface area contributed by atoms with Crippen LogP contribution in [-0.2, 0) is 22.8 Å². The number of halogens is 1. The molecule has 2 heterocycles. The van der Waals surface area contributed by atoms with Gasteiger partial charge in [0, 0.05) is 47.7 Å². The molecule has 1 aromatic carbocycles. The van der Waals surface area contributed by atoms with E-state index in [2.05, 4.69) is 15.6 Å². The van der Waals surface area contributed by atoms with Gasteiger partial charge in [0.15, 0.2) is 9.84 Å². The van der Waals surface area contributed by atoms with E-state index < -0.39 is 21.3 Å². The molecule has 0 aliphatic carbocycles. The van der Waals surface area contributed by atoms with Crippen molar-refractivity contribution in [2.75, 3.05) is 13.1 Å². The number of nitrogens with zero attached hydrogens (tertiary/aromatic N) is 1. The smallest absolute Gasteiger partial charge is 0.318 e. The number of urea groups is 1. The highest BCUT2D eigenvalue weighted by molar-refractivity contribution is 7.94. The van der Waals surface area contributed by atoms with Gasteiger partial charge in [-0.2, -0.15) is 0 Å². The SMILES string of the molecule is CC(C)(C)NC(=O)N1CCc2[nH]c(=O)c(C(=O)NC/C=C/S(=O)(=O)c3ccc(Cl)cc3)cc2C1. The number of rotatable bonds is 5. The second kappa shape index (κ2) is 10.0. The standard InChI is InChI=1S/C23H27ClN4O5S/c1-23(2,3)27-22(31)28-11-9-19-15(14-28)13-18(21(30)26-19)20(29)25-10-4-12-34(32,33)17-7-5-16(24)6-8-17/h4-8,12-13H,9-11,14H2,1-3H3,(H,25,29)(H,26,30)(H,27,31)/b12-4+. The van der Waals surface area contributed by atoms with Crippen LogP contribution in [0.2, 0.25) is 5.02 Å². The summed E-state index contributed by atoms with van der Waals surface area (Å²) in [5, 5.41) is 6.83. The first-order chi connectivity index (χ1) is 15.9. The number of hydrogen-bond donors (Lipinski definition) is 3. The van der Waals surface area contributed by atoms with Crippen molar-refractivity contribution in [3.05, 3.63) is 74.0 Å². The Kier molecular flexibility index (Phi) is 7.52. The lowest BCUT2D eigenvalue weighted by Gasteiger charge is -2.32. The molecule has 182 valence electrons. The third kappa shape index (κ3) is 6.48. The number of sulfone groups is 1. The molecule has 3 rings (SSSR count). The van der Waals surface area contributed by atoms with Crippen LogP contribution in [0.5, 0.6) is 0 Å². The highest BCUT2D eigenvalue weighted by Crippen LogP contribution is 2.18. The maximum Gasteiger partial charge on any atom is 0.318 e. The van der Waals surface area contributed by atoms with Crippen LogP contribution in [0.1, 0.15) is 42.4 Å². The quantitative estimate of drug-likeness (QED) is 0.574. The predicted octanol–water partition coefficient (Wildman–Crippen LogP) is 2.61. The van der Waals surface area contributed by atoms with Gasteiger partial charge < -0.3 is 20.5 Å². The van der Waals surface area contributed by atoms with Crippen LogP contribution in [0.25, 0.3) is 0 Å². The number of H-pyrrole nitrogens is 1. The number of carbonyl (C=O) groups is 2. The Hall–Kier alpha value is -3.11. The van der Waals surface area contributed by atoms with E-state index in [0.717, 1.165) is 5.41 Å². The van der Waals surface area contributed by atoms with Crippen molar-refractivity contribution in [2.24, 2.45) is 0 Å². The van der Waals surface area contributed by atoms with E-state index in [-0.39, 0.29) is 35.1 Å². The van der Waals surface area contributed by atoms with Gasteiger partial charge in [0.1, 0.15) is 5.56 Å². The highest BCUT2D eigenvalue weighted by atomic mass is 35.5. The number of aromatic nitrogens is 1. The summed E-state index contributed by atoms with van der Waals surface area (Å²) in [5.74, 6) is -0.645. The van der Waals surface area contributed by atoms with Crippen LogP contribution < -0.4 is 16.2 Å². The summed E-state index contributed by atoms with van der Waals surface area (Å²) in [4.78, 5) is 41.9. The Balaban J connectivity index is 1.66. The van der Waals surface area contributed by atoms with Gasteiger partial charge in [0.25, 0.3) is 11.5 Å². The third-order valence-corrected chi connectivity index (χ3v) is 6.75. The summed E-state index contributed by atoms with van der Waals surface area (Å²) in [7, 11) is -3.69. The Morgan fingerprint density at radius 3 is 2.53 bits per heavy atom. The number of nitrogens with one attached hydrogen (secondary N) is 3. The average Bonchev–Trinajstić information content (AvgIpc) is 2.75. The fourth-order valence-corrected chi connectivity index (χ4v) is 4.52. The molecule has 2 aromatic rings. The summed E-state index contributed by atoms with van der Waals surface area (Å²) < 4.78 is 24.6. The van der Waals surface area contributed by atoms with E-state index in [1.54, 1.807) is 4.90 Å². The maximum absolute atomic E-state index is 12.6. The van der Waals surface area contributed by atoms with Gasteiger partial charge in [0.2, 0.25) is 0 Å². The highest BCUT2D eigenvalue weighted by Gasteiger charge is 2.25. The van der Waals surface area contributed by atoms with Crippen LogP contribution in [0, 0.1) is 0 Å².